The number of nitrogens with zero attached hydrogens (tertiary/aromatic N) is 3. The van der Waals surface area contributed by atoms with Crippen molar-refractivity contribution < 1.29 is 4.79 Å². The first-order valence-corrected chi connectivity index (χ1v) is 6.96. The summed E-state index contributed by atoms with van der Waals surface area (Å²) >= 11 is 0. The Labute approximate surface area is 124 Å². The third-order valence-corrected chi connectivity index (χ3v) is 3.32. The van der Waals surface area contributed by atoms with Gasteiger partial charge in [-0.25, -0.2) is 0 Å². The SMILES string of the molecule is Cc1cc(C)n(C[C@H](C)CNc2ccncc2C(N)=O)n1. The number of anilines is 1. The van der Waals surface area contributed by atoms with E-state index in [9.17, 15) is 4.79 Å². The smallest absolute Gasteiger partial charge is 0.252 e. The zero-order valence-corrected chi connectivity index (χ0v) is 12.6. The number of hydrogen-bond donors (Lipinski definition) is 2. The minimum absolute atomic E-state index is 0.358. The van der Waals surface area contributed by atoms with Gasteiger partial charge in [-0.1, -0.05) is 6.92 Å². The Bertz CT molecular complexity index is 635. The molecule has 1 amide bonds. The topological polar surface area (TPSA) is 85.8 Å². The van der Waals surface area contributed by atoms with Gasteiger partial charge in [0.05, 0.1) is 16.9 Å². The fourth-order valence-corrected chi connectivity index (χ4v) is 2.25. The zero-order chi connectivity index (χ0) is 15.4. The molecular weight excluding hydrogens is 266 g/mol. The second-order valence-corrected chi connectivity index (χ2v) is 5.38. The van der Waals surface area contributed by atoms with Crippen LogP contribution in [0.2, 0.25) is 0 Å². The fraction of sp³-hybridized carbons (Fsp3) is 0.400. The lowest BCUT2D eigenvalue weighted by atomic mass is 10.1. The number of carbonyl (C=O) groups is 1. The maximum absolute atomic E-state index is 11.3. The Kier molecular flexibility index (Phi) is 4.57. The predicted molar refractivity (Wildman–Crippen MR) is 82.1 cm³/mol. The van der Waals surface area contributed by atoms with Crippen LogP contribution in [0.5, 0.6) is 0 Å². The highest BCUT2D eigenvalue weighted by molar-refractivity contribution is 5.98. The predicted octanol–water partition coefficient (Wildman–Crippen LogP) is 1.74. The van der Waals surface area contributed by atoms with Crippen LogP contribution in [0.3, 0.4) is 0 Å². The first-order chi connectivity index (χ1) is 9.97. The van der Waals surface area contributed by atoms with Crippen molar-refractivity contribution in [2.75, 3.05) is 11.9 Å². The quantitative estimate of drug-likeness (QED) is 0.847. The maximum atomic E-state index is 11.3. The van der Waals surface area contributed by atoms with Gasteiger partial charge in [-0.2, -0.15) is 5.10 Å². The summed E-state index contributed by atoms with van der Waals surface area (Å²) < 4.78 is 2.00. The van der Waals surface area contributed by atoms with Crippen molar-refractivity contribution in [3.63, 3.8) is 0 Å². The molecule has 21 heavy (non-hydrogen) atoms. The van der Waals surface area contributed by atoms with Gasteiger partial charge in [-0.3, -0.25) is 14.5 Å². The van der Waals surface area contributed by atoms with E-state index in [1.54, 1.807) is 12.3 Å². The van der Waals surface area contributed by atoms with Gasteiger partial charge in [-0.05, 0) is 31.9 Å². The van der Waals surface area contributed by atoms with Gasteiger partial charge in [-0.15, -0.1) is 0 Å². The van der Waals surface area contributed by atoms with Crippen LogP contribution in [0.15, 0.2) is 24.5 Å². The highest BCUT2D eigenvalue weighted by Crippen LogP contribution is 2.14. The van der Waals surface area contributed by atoms with Crippen LogP contribution >= 0.6 is 0 Å². The molecule has 3 N–H and O–H groups in total. The molecule has 0 spiro atoms. The summed E-state index contributed by atoms with van der Waals surface area (Å²) in [6.45, 7) is 7.72. The maximum Gasteiger partial charge on any atom is 0.252 e. The second kappa shape index (κ2) is 6.39. The average Bonchev–Trinajstić information content (AvgIpc) is 2.74. The summed E-state index contributed by atoms with van der Waals surface area (Å²) in [5.41, 5.74) is 8.65. The van der Waals surface area contributed by atoms with Gasteiger partial charge < -0.3 is 11.1 Å². The first-order valence-electron chi connectivity index (χ1n) is 6.96. The van der Waals surface area contributed by atoms with Crippen LogP contribution in [0, 0.1) is 19.8 Å². The summed E-state index contributed by atoms with van der Waals surface area (Å²) in [5.74, 6) is -0.117. The molecule has 0 radical (unpaired) electrons. The highest BCUT2D eigenvalue weighted by Gasteiger charge is 2.10. The number of carbonyl (C=O) groups excluding carboxylic acids is 1. The molecule has 0 saturated heterocycles. The summed E-state index contributed by atoms with van der Waals surface area (Å²) in [7, 11) is 0. The monoisotopic (exact) mass is 287 g/mol. The number of hydrogen-bond acceptors (Lipinski definition) is 4. The molecule has 0 bridgehead atoms. The van der Waals surface area contributed by atoms with E-state index in [1.165, 1.54) is 6.20 Å². The van der Waals surface area contributed by atoms with E-state index < -0.39 is 5.91 Å². The van der Waals surface area contributed by atoms with Crippen molar-refractivity contribution in [3.8, 4) is 0 Å². The van der Waals surface area contributed by atoms with Crippen LogP contribution in [-0.4, -0.2) is 27.2 Å². The number of pyridine rings is 1. The van der Waals surface area contributed by atoms with Crippen molar-refractivity contribution in [3.05, 3.63) is 41.5 Å². The molecule has 0 aliphatic heterocycles. The van der Waals surface area contributed by atoms with Crippen LogP contribution in [0.1, 0.15) is 28.7 Å². The largest absolute Gasteiger partial charge is 0.384 e. The van der Waals surface area contributed by atoms with Crippen LogP contribution < -0.4 is 11.1 Å². The average molecular weight is 287 g/mol. The summed E-state index contributed by atoms with van der Waals surface area (Å²) in [6, 6.07) is 3.82. The minimum Gasteiger partial charge on any atom is -0.384 e. The van der Waals surface area contributed by atoms with E-state index >= 15 is 0 Å². The van der Waals surface area contributed by atoms with Crippen molar-refractivity contribution in [1.82, 2.24) is 14.8 Å². The highest BCUT2D eigenvalue weighted by atomic mass is 16.1. The number of amides is 1. The molecule has 0 aliphatic carbocycles. The summed E-state index contributed by atoms with van der Waals surface area (Å²) in [5, 5.41) is 7.71. The van der Waals surface area contributed by atoms with E-state index in [4.69, 9.17) is 5.73 Å². The number of aryl methyl sites for hydroxylation is 2. The summed E-state index contributed by atoms with van der Waals surface area (Å²) in [6.07, 6.45) is 3.12. The molecule has 2 heterocycles. The van der Waals surface area contributed by atoms with E-state index in [-0.39, 0.29) is 0 Å². The van der Waals surface area contributed by atoms with Gasteiger partial charge in [0, 0.05) is 31.2 Å². The minimum atomic E-state index is -0.475. The number of nitrogens with two attached hydrogens (primary N) is 1. The van der Waals surface area contributed by atoms with E-state index in [0.29, 0.717) is 11.5 Å². The van der Waals surface area contributed by atoms with Crippen LogP contribution in [-0.2, 0) is 6.54 Å². The molecule has 0 saturated carbocycles. The molecule has 0 unspecified atom stereocenters. The standard InChI is InChI=1S/C15H21N5O/c1-10(9-20-12(3)6-11(2)19-20)7-18-14-4-5-17-8-13(14)15(16)21/h4-6,8,10H,7,9H2,1-3H3,(H2,16,21)(H,17,18)/t10-/m1/s1. The molecule has 2 rings (SSSR count). The number of primary amides is 1. The van der Waals surface area contributed by atoms with E-state index in [1.807, 2.05) is 18.5 Å². The van der Waals surface area contributed by atoms with Gasteiger partial charge in [0.2, 0.25) is 0 Å². The van der Waals surface area contributed by atoms with E-state index in [2.05, 4.69) is 28.4 Å². The molecule has 6 nitrogen and oxygen atoms in total. The van der Waals surface area contributed by atoms with Crippen molar-refractivity contribution in [1.29, 1.82) is 0 Å². The lowest BCUT2D eigenvalue weighted by Crippen LogP contribution is -2.21. The molecule has 0 aromatic carbocycles. The lowest BCUT2D eigenvalue weighted by molar-refractivity contribution is 0.100. The molecule has 0 aliphatic rings. The lowest BCUT2D eigenvalue weighted by Gasteiger charge is -2.16. The Morgan fingerprint density at radius 3 is 2.86 bits per heavy atom. The van der Waals surface area contributed by atoms with Crippen molar-refractivity contribution >= 4 is 11.6 Å². The molecule has 1 atom stereocenters. The number of nitrogens with one attached hydrogen (secondary N) is 1. The third kappa shape index (κ3) is 3.81. The van der Waals surface area contributed by atoms with Crippen molar-refractivity contribution in [2.24, 2.45) is 11.7 Å². The fourth-order valence-electron chi connectivity index (χ4n) is 2.25. The molecule has 0 fully saturated rings. The summed E-state index contributed by atoms with van der Waals surface area (Å²) in [4.78, 5) is 15.3. The second-order valence-electron chi connectivity index (χ2n) is 5.38. The molecule has 2 aromatic heterocycles. The van der Waals surface area contributed by atoms with Gasteiger partial charge in [0.25, 0.3) is 5.91 Å². The van der Waals surface area contributed by atoms with Gasteiger partial charge >= 0.3 is 0 Å². The molecule has 6 heteroatoms. The molecular formula is C15H21N5O. The Morgan fingerprint density at radius 2 is 2.24 bits per heavy atom. The normalized spacial score (nSPS) is 12.1. The first kappa shape index (κ1) is 15.0. The van der Waals surface area contributed by atoms with E-state index in [0.717, 1.165) is 30.2 Å². The number of rotatable bonds is 6. The van der Waals surface area contributed by atoms with Crippen LogP contribution in [0.4, 0.5) is 5.69 Å². The Morgan fingerprint density at radius 1 is 1.48 bits per heavy atom. The molecule has 2 aromatic rings. The Hall–Kier alpha value is -2.37. The van der Waals surface area contributed by atoms with Gasteiger partial charge in [0.1, 0.15) is 0 Å². The van der Waals surface area contributed by atoms with Gasteiger partial charge in [0.15, 0.2) is 0 Å². The third-order valence-electron chi connectivity index (χ3n) is 3.32. The van der Waals surface area contributed by atoms with Crippen molar-refractivity contribution in [2.45, 2.75) is 27.3 Å². The Balaban J connectivity index is 1.97. The number of aromatic nitrogens is 3. The van der Waals surface area contributed by atoms with Crippen LogP contribution in [0.25, 0.3) is 0 Å². The zero-order valence-electron chi connectivity index (χ0n) is 12.6. The molecule has 112 valence electrons.